The van der Waals surface area contributed by atoms with Gasteiger partial charge in [0.15, 0.2) is 0 Å². The SMILES string of the molecule is O=C(Nc1ccc(-c2cnns2)cc1)c1ccc(Br)cc1. The van der Waals surface area contributed by atoms with E-state index in [1.807, 2.05) is 36.4 Å². The van der Waals surface area contributed by atoms with Gasteiger partial charge in [0.05, 0.1) is 11.1 Å². The van der Waals surface area contributed by atoms with E-state index in [1.54, 1.807) is 18.3 Å². The van der Waals surface area contributed by atoms with E-state index >= 15 is 0 Å². The molecule has 0 aliphatic carbocycles. The number of hydrogen-bond acceptors (Lipinski definition) is 4. The number of benzene rings is 2. The lowest BCUT2D eigenvalue weighted by molar-refractivity contribution is 0.102. The highest BCUT2D eigenvalue weighted by Gasteiger charge is 2.06. The van der Waals surface area contributed by atoms with E-state index in [1.165, 1.54) is 11.5 Å². The molecule has 6 heteroatoms. The van der Waals surface area contributed by atoms with E-state index in [-0.39, 0.29) is 5.91 Å². The van der Waals surface area contributed by atoms with Gasteiger partial charge in [0.2, 0.25) is 0 Å². The molecule has 0 bridgehead atoms. The molecule has 104 valence electrons. The summed E-state index contributed by atoms with van der Waals surface area (Å²) in [5.74, 6) is -0.130. The number of hydrogen-bond donors (Lipinski definition) is 1. The summed E-state index contributed by atoms with van der Waals surface area (Å²) in [6.45, 7) is 0. The van der Waals surface area contributed by atoms with Gasteiger partial charge >= 0.3 is 0 Å². The van der Waals surface area contributed by atoms with E-state index in [0.29, 0.717) is 5.56 Å². The molecular weight excluding hydrogens is 350 g/mol. The average Bonchev–Trinajstić information content (AvgIpc) is 3.03. The molecule has 0 aliphatic rings. The third-order valence-corrected chi connectivity index (χ3v) is 4.14. The minimum absolute atomic E-state index is 0.130. The van der Waals surface area contributed by atoms with Crippen LogP contribution >= 0.6 is 27.5 Å². The van der Waals surface area contributed by atoms with Crippen LogP contribution in [0.3, 0.4) is 0 Å². The second kappa shape index (κ2) is 6.15. The Bertz CT molecular complexity index is 740. The number of nitrogens with zero attached hydrogens (tertiary/aromatic N) is 2. The van der Waals surface area contributed by atoms with Crippen molar-refractivity contribution in [2.24, 2.45) is 0 Å². The lowest BCUT2D eigenvalue weighted by Gasteiger charge is -2.06. The summed E-state index contributed by atoms with van der Waals surface area (Å²) >= 11 is 4.69. The maximum Gasteiger partial charge on any atom is 0.255 e. The summed E-state index contributed by atoms with van der Waals surface area (Å²) in [5.41, 5.74) is 2.41. The maximum atomic E-state index is 12.1. The number of amides is 1. The molecule has 0 fully saturated rings. The third-order valence-electron chi connectivity index (χ3n) is 2.89. The number of anilines is 1. The lowest BCUT2D eigenvalue weighted by atomic mass is 10.1. The Morgan fingerprint density at radius 1 is 1.05 bits per heavy atom. The topological polar surface area (TPSA) is 54.9 Å². The maximum absolute atomic E-state index is 12.1. The van der Waals surface area contributed by atoms with Crippen molar-refractivity contribution < 1.29 is 4.79 Å². The molecule has 0 aliphatic heterocycles. The van der Waals surface area contributed by atoms with Crippen LogP contribution in [0.25, 0.3) is 10.4 Å². The van der Waals surface area contributed by atoms with Crippen LogP contribution < -0.4 is 5.32 Å². The Morgan fingerprint density at radius 2 is 1.76 bits per heavy atom. The second-order valence-electron chi connectivity index (χ2n) is 4.32. The van der Waals surface area contributed by atoms with Gasteiger partial charge in [0.25, 0.3) is 5.91 Å². The van der Waals surface area contributed by atoms with Crippen molar-refractivity contribution in [2.75, 3.05) is 5.32 Å². The molecule has 0 radical (unpaired) electrons. The second-order valence-corrected chi connectivity index (χ2v) is 6.02. The van der Waals surface area contributed by atoms with Crippen molar-refractivity contribution in [3.8, 4) is 10.4 Å². The minimum atomic E-state index is -0.130. The van der Waals surface area contributed by atoms with Crippen molar-refractivity contribution in [3.63, 3.8) is 0 Å². The zero-order valence-electron chi connectivity index (χ0n) is 10.8. The quantitative estimate of drug-likeness (QED) is 0.761. The van der Waals surface area contributed by atoms with E-state index in [4.69, 9.17) is 0 Å². The number of rotatable bonds is 3. The fourth-order valence-corrected chi connectivity index (χ4v) is 2.60. The molecule has 4 nitrogen and oxygen atoms in total. The summed E-state index contributed by atoms with van der Waals surface area (Å²) < 4.78 is 4.78. The molecule has 0 saturated carbocycles. The van der Waals surface area contributed by atoms with Gasteiger partial charge in [0.1, 0.15) is 0 Å². The lowest BCUT2D eigenvalue weighted by Crippen LogP contribution is -2.11. The predicted octanol–water partition coefficient (Wildman–Crippen LogP) is 4.22. The van der Waals surface area contributed by atoms with Gasteiger partial charge in [-0.2, -0.15) is 0 Å². The standard InChI is InChI=1S/C15H10BrN3OS/c16-12-5-1-11(2-6-12)15(20)18-13-7-3-10(4-8-13)14-9-17-19-21-14/h1-9H,(H,18,20). The Morgan fingerprint density at radius 3 is 2.38 bits per heavy atom. The van der Waals surface area contributed by atoms with E-state index in [9.17, 15) is 4.79 Å². The first kappa shape index (κ1) is 13.9. The molecule has 0 spiro atoms. The highest BCUT2D eigenvalue weighted by Crippen LogP contribution is 2.23. The summed E-state index contributed by atoms with van der Waals surface area (Å²) in [7, 11) is 0. The van der Waals surface area contributed by atoms with Crippen molar-refractivity contribution in [1.29, 1.82) is 0 Å². The number of aromatic nitrogens is 2. The van der Waals surface area contributed by atoms with Crippen LogP contribution in [0.15, 0.2) is 59.2 Å². The number of halogens is 1. The predicted molar refractivity (Wildman–Crippen MR) is 87.4 cm³/mol. The molecule has 2 aromatic carbocycles. The van der Waals surface area contributed by atoms with Gasteiger partial charge in [-0.15, -0.1) is 5.10 Å². The summed E-state index contributed by atoms with van der Waals surface area (Å²) in [6, 6.07) is 14.8. The monoisotopic (exact) mass is 359 g/mol. The van der Waals surface area contributed by atoms with Gasteiger partial charge in [-0.1, -0.05) is 32.6 Å². The molecule has 0 atom stereocenters. The van der Waals surface area contributed by atoms with Crippen LogP contribution in [-0.2, 0) is 0 Å². The fraction of sp³-hybridized carbons (Fsp3) is 0. The molecule has 1 N–H and O–H groups in total. The van der Waals surface area contributed by atoms with Crippen molar-refractivity contribution in [3.05, 3.63) is 64.8 Å². The first-order valence-corrected chi connectivity index (χ1v) is 7.74. The average molecular weight is 360 g/mol. The summed E-state index contributed by atoms with van der Waals surface area (Å²) in [4.78, 5) is 13.1. The molecule has 1 amide bonds. The molecule has 0 unspecified atom stereocenters. The van der Waals surface area contributed by atoms with E-state index in [2.05, 4.69) is 30.8 Å². The molecule has 1 aromatic heterocycles. The van der Waals surface area contributed by atoms with E-state index in [0.717, 1.165) is 20.6 Å². The van der Waals surface area contributed by atoms with Crippen molar-refractivity contribution in [1.82, 2.24) is 9.59 Å². The fourth-order valence-electron chi connectivity index (χ4n) is 1.82. The Balaban J connectivity index is 1.73. The summed E-state index contributed by atoms with van der Waals surface area (Å²) in [5, 5.41) is 6.68. The van der Waals surface area contributed by atoms with Crippen LogP contribution in [0, 0.1) is 0 Å². The first-order valence-electron chi connectivity index (χ1n) is 6.17. The minimum Gasteiger partial charge on any atom is -0.322 e. The molecular formula is C15H10BrN3OS. The molecule has 21 heavy (non-hydrogen) atoms. The molecule has 0 saturated heterocycles. The van der Waals surface area contributed by atoms with Crippen molar-refractivity contribution in [2.45, 2.75) is 0 Å². The van der Waals surface area contributed by atoms with Crippen LogP contribution in [-0.4, -0.2) is 15.5 Å². The van der Waals surface area contributed by atoms with E-state index < -0.39 is 0 Å². The van der Waals surface area contributed by atoms with Crippen LogP contribution in [0.2, 0.25) is 0 Å². The Kier molecular flexibility index (Phi) is 4.08. The third kappa shape index (κ3) is 3.34. The number of carbonyl (C=O) groups excluding carboxylic acids is 1. The zero-order valence-corrected chi connectivity index (χ0v) is 13.2. The Hall–Kier alpha value is -2.05. The number of carbonyl (C=O) groups is 1. The molecule has 1 heterocycles. The van der Waals surface area contributed by atoms with Crippen LogP contribution in [0.4, 0.5) is 5.69 Å². The molecule has 3 aromatic rings. The van der Waals surface area contributed by atoms with Crippen molar-refractivity contribution >= 4 is 39.1 Å². The normalized spacial score (nSPS) is 10.3. The van der Waals surface area contributed by atoms with Crippen LogP contribution in [0.1, 0.15) is 10.4 Å². The number of nitrogens with one attached hydrogen (secondary N) is 1. The van der Waals surface area contributed by atoms with Gasteiger partial charge in [-0.05, 0) is 53.5 Å². The van der Waals surface area contributed by atoms with Gasteiger partial charge in [-0.25, -0.2) is 0 Å². The molecule has 3 rings (SSSR count). The van der Waals surface area contributed by atoms with Gasteiger partial charge in [-0.3, -0.25) is 4.79 Å². The van der Waals surface area contributed by atoms with Gasteiger partial charge in [0, 0.05) is 15.7 Å². The highest BCUT2D eigenvalue weighted by molar-refractivity contribution is 9.10. The summed E-state index contributed by atoms with van der Waals surface area (Å²) in [6.07, 6.45) is 1.72. The smallest absolute Gasteiger partial charge is 0.255 e. The van der Waals surface area contributed by atoms with Gasteiger partial charge < -0.3 is 5.32 Å². The largest absolute Gasteiger partial charge is 0.322 e. The first-order chi connectivity index (χ1) is 10.2. The van der Waals surface area contributed by atoms with Crippen LogP contribution in [0.5, 0.6) is 0 Å². The zero-order chi connectivity index (χ0) is 14.7. The highest BCUT2D eigenvalue weighted by atomic mass is 79.9. The Labute approximate surface area is 134 Å².